The summed E-state index contributed by atoms with van der Waals surface area (Å²) in [6.07, 6.45) is 1.58. The van der Waals surface area contributed by atoms with Crippen molar-refractivity contribution in [2.75, 3.05) is 0 Å². The summed E-state index contributed by atoms with van der Waals surface area (Å²) >= 11 is 1.99. The van der Waals surface area contributed by atoms with Gasteiger partial charge in [0, 0.05) is 11.8 Å². The Morgan fingerprint density at radius 1 is 1.33 bits per heavy atom. The fourth-order valence-electron chi connectivity index (χ4n) is 1.48. The average molecular weight is 350 g/mol. The monoisotopic (exact) mass is 350 g/mol. The van der Waals surface area contributed by atoms with Crippen molar-refractivity contribution in [3.63, 3.8) is 0 Å². The van der Waals surface area contributed by atoms with Gasteiger partial charge in [-0.2, -0.15) is 0 Å². The van der Waals surface area contributed by atoms with E-state index in [0.717, 1.165) is 5.56 Å². The molecule has 18 heavy (non-hydrogen) atoms. The van der Waals surface area contributed by atoms with Gasteiger partial charge < -0.3 is 0 Å². The molecule has 0 radical (unpaired) electrons. The summed E-state index contributed by atoms with van der Waals surface area (Å²) in [5.74, 6) is 6.71. The third-order valence-electron chi connectivity index (χ3n) is 2.45. The Bertz CT molecular complexity index is 666. The third kappa shape index (κ3) is 2.99. The summed E-state index contributed by atoms with van der Waals surface area (Å²) in [5.41, 5.74) is 0.909. The zero-order chi connectivity index (χ0) is 13.0. The second kappa shape index (κ2) is 5.83. The molecule has 0 bridgehead atoms. The molecule has 3 nitrogen and oxygen atoms in total. The molecule has 0 aliphatic rings. The van der Waals surface area contributed by atoms with Crippen LogP contribution < -0.4 is 5.56 Å². The topological polar surface area (TPSA) is 34.9 Å². The van der Waals surface area contributed by atoms with Crippen molar-refractivity contribution < 1.29 is 0 Å². The lowest BCUT2D eigenvalue weighted by Crippen LogP contribution is -2.25. The van der Waals surface area contributed by atoms with Crippen molar-refractivity contribution in [3.05, 3.63) is 61.8 Å². The standard InChI is InChI=1S/C14H11IN2O/c1-11-16-10-13(15)14(18)17(11)9-5-8-12-6-3-2-4-7-12/h2-4,6-7,10H,9H2,1H3. The van der Waals surface area contributed by atoms with E-state index < -0.39 is 0 Å². The average Bonchev–Trinajstić information content (AvgIpc) is 2.39. The van der Waals surface area contributed by atoms with Crippen LogP contribution in [0.1, 0.15) is 11.4 Å². The van der Waals surface area contributed by atoms with Gasteiger partial charge in [0.05, 0.1) is 10.1 Å². The zero-order valence-corrected chi connectivity index (χ0v) is 12.0. The van der Waals surface area contributed by atoms with E-state index in [2.05, 4.69) is 16.8 Å². The van der Waals surface area contributed by atoms with Crippen LogP contribution in [0.5, 0.6) is 0 Å². The van der Waals surface area contributed by atoms with Crippen molar-refractivity contribution >= 4 is 22.6 Å². The van der Waals surface area contributed by atoms with Gasteiger partial charge in [-0.1, -0.05) is 30.0 Å². The quantitative estimate of drug-likeness (QED) is 0.584. The number of rotatable bonds is 1. The van der Waals surface area contributed by atoms with Crippen molar-refractivity contribution in [3.8, 4) is 11.8 Å². The number of aromatic nitrogens is 2. The molecule has 1 aromatic carbocycles. The largest absolute Gasteiger partial charge is 0.284 e. The smallest absolute Gasteiger partial charge is 0.267 e. The van der Waals surface area contributed by atoms with Gasteiger partial charge >= 0.3 is 0 Å². The Morgan fingerprint density at radius 3 is 2.78 bits per heavy atom. The second-order valence-corrected chi connectivity index (χ2v) is 4.87. The Kier molecular flexibility index (Phi) is 4.15. The molecule has 1 aromatic heterocycles. The highest BCUT2D eigenvalue weighted by Gasteiger charge is 2.02. The van der Waals surface area contributed by atoms with Gasteiger partial charge in [0.2, 0.25) is 0 Å². The van der Waals surface area contributed by atoms with Crippen LogP contribution in [0, 0.1) is 22.3 Å². The molecule has 1 heterocycles. The van der Waals surface area contributed by atoms with Crippen molar-refractivity contribution in [1.82, 2.24) is 9.55 Å². The molecule has 2 aromatic rings. The maximum absolute atomic E-state index is 11.9. The molecular weight excluding hydrogens is 339 g/mol. The van der Waals surface area contributed by atoms with Crippen molar-refractivity contribution in [2.45, 2.75) is 13.5 Å². The first-order valence-corrected chi connectivity index (χ1v) is 6.52. The molecule has 4 heteroatoms. The molecule has 0 aliphatic heterocycles. The summed E-state index contributed by atoms with van der Waals surface area (Å²) in [7, 11) is 0. The number of hydrogen-bond acceptors (Lipinski definition) is 2. The lowest BCUT2D eigenvalue weighted by Gasteiger charge is -2.04. The van der Waals surface area contributed by atoms with E-state index in [9.17, 15) is 4.79 Å². The summed E-state index contributed by atoms with van der Waals surface area (Å²) in [5, 5.41) is 0. The predicted molar refractivity (Wildman–Crippen MR) is 79.3 cm³/mol. The van der Waals surface area contributed by atoms with Crippen LogP contribution in [0.3, 0.4) is 0 Å². The minimum Gasteiger partial charge on any atom is -0.284 e. The summed E-state index contributed by atoms with van der Waals surface area (Å²) in [6.45, 7) is 2.17. The maximum atomic E-state index is 11.9. The second-order valence-electron chi connectivity index (χ2n) is 3.71. The van der Waals surface area contributed by atoms with E-state index in [1.807, 2.05) is 59.8 Å². The maximum Gasteiger partial charge on any atom is 0.267 e. The van der Waals surface area contributed by atoms with E-state index in [1.54, 1.807) is 10.8 Å². The van der Waals surface area contributed by atoms with E-state index in [1.165, 1.54) is 0 Å². The molecular formula is C14H11IN2O. The first-order chi connectivity index (χ1) is 8.68. The highest BCUT2D eigenvalue weighted by atomic mass is 127. The molecule has 0 saturated heterocycles. The van der Waals surface area contributed by atoms with Gasteiger partial charge in [0.1, 0.15) is 5.82 Å². The molecule has 0 amide bonds. The van der Waals surface area contributed by atoms with Crippen molar-refractivity contribution in [1.29, 1.82) is 0 Å². The Morgan fingerprint density at radius 2 is 2.06 bits per heavy atom. The molecule has 0 saturated carbocycles. The lowest BCUT2D eigenvalue weighted by molar-refractivity contribution is 0.721. The lowest BCUT2D eigenvalue weighted by atomic mass is 10.2. The van der Waals surface area contributed by atoms with E-state index in [0.29, 0.717) is 15.9 Å². The highest BCUT2D eigenvalue weighted by Crippen LogP contribution is 1.98. The first kappa shape index (κ1) is 12.8. The molecule has 0 fully saturated rings. The molecule has 2 rings (SSSR count). The van der Waals surface area contributed by atoms with Gasteiger partial charge in [-0.05, 0) is 41.6 Å². The molecule has 0 unspecified atom stereocenters. The third-order valence-corrected chi connectivity index (χ3v) is 3.19. The van der Waals surface area contributed by atoms with E-state index in [4.69, 9.17) is 0 Å². The van der Waals surface area contributed by atoms with Crippen LogP contribution in [0.15, 0.2) is 41.3 Å². The first-order valence-electron chi connectivity index (χ1n) is 5.44. The molecule has 90 valence electrons. The van der Waals surface area contributed by atoms with Crippen molar-refractivity contribution in [2.24, 2.45) is 0 Å². The SMILES string of the molecule is Cc1ncc(I)c(=O)n1CC#Cc1ccccc1. The van der Waals surface area contributed by atoms with Crippen LogP contribution in [-0.2, 0) is 6.54 Å². The summed E-state index contributed by atoms with van der Waals surface area (Å²) < 4.78 is 2.19. The van der Waals surface area contributed by atoms with Gasteiger partial charge in [-0.25, -0.2) is 4.98 Å². The number of hydrogen-bond donors (Lipinski definition) is 0. The van der Waals surface area contributed by atoms with Crippen LogP contribution >= 0.6 is 22.6 Å². The van der Waals surface area contributed by atoms with Crippen LogP contribution in [0.25, 0.3) is 0 Å². The number of benzene rings is 1. The fraction of sp³-hybridized carbons (Fsp3) is 0.143. The molecule has 0 atom stereocenters. The fourth-order valence-corrected chi connectivity index (χ4v) is 1.91. The number of aryl methyl sites for hydroxylation is 1. The van der Waals surface area contributed by atoms with E-state index >= 15 is 0 Å². The van der Waals surface area contributed by atoms with Gasteiger partial charge in [-0.3, -0.25) is 9.36 Å². The van der Waals surface area contributed by atoms with Crippen LogP contribution in [-0.4, -0.2) is 9.55 Å². The number of halogens is 1. The van der Waals surface area contributed by atoms with E-state index in [-0.39, 0.29) is 5.56 Å². The molecule has 0 N–H and O–H groups in total. The Balaban J connectivity index is 2.25. The summed E-state index contributed by atoms with van der Waals surface area (Å²) in [4.78, 5) is 16.0. The van der Waals surface area contributed by atoms with Gasteiger partial charge in [-0.15, -0.1) is 0 Å². The minimum absolute atomic E-state index is 0.0366. The predicted octanol–water partition coefficient (Wildman–Crippen LogP) is 2.21. The number of nitrogens with zero attached hydrogens (tertiary/aromatic N) is 2. The molecule has 0 spiro atoms. The summed E-state index contributed by atoms with van der Waals surface area (Å²) in [6, 6.07) is 9.71. The van der Waals surface area contributed by atoms with Crippen LogP contribution in [0.2, 0.25) is 0 Å². The van der Waals surface area contributed by atoms with Crippen LogP contribution in [0.4, 0.5) is 0 Å². The van der Waals surface area contributed by atoms with Gasteiger partial charge in [0.15, 0.2) is 0 Å². The zero-order valence-electron chi connectivity index (χ0n) is 9.85. The Labute approximate surface area is 119 Å². The highest BCUT2D eigenvalue weighted by molar-refractivity contribution is 14.1. The normalized spacial score (nSPS) is 9.67. The van der Waals surface area contributed by atoms with Gasteiger partial charge in [0.25, 0.3) is 5.56 Å². The Hall–Kier alpha value is -1.61. The molecule has 0 aliphatic carbocycles. The minimum atomic E-state index is -0.0366.